The van der Waals surface area contributed by atoms with Crippen molar-refractivity contribution in [2.75, 3.05) is 11.4 Å². The van der Waals surface area contributed by atoms with Crippen molar-refractivity contribution in [1.29, 1.82) is 0 Å². The van der Waals surface area contributed by atoms with Crippen LogP contribution in [0.1, 0.15) is 50.6 Å². The van der Waals surface area contributed by atoms with E-state index in [0.717, 1.165) is 30.6 Å². The number of para-hydroxylation sites is 1. The van der Waals surface area contributed by atoms with E-state index in [9.17, 15) is 4.79 Å². The Kier molecular flexibility index (Phi) is 6.44. The van der Waals surface area contributed by atoms with Crippen molar-refractivity contribution in [3.8, 4) is 0 Å². The predicted octanol–water partition coefficient (Wildman–Crippen LogP) is 6.47. The minimum absolute atomic E-state index is 0.0655. The van der Waals surface area contributed by atoms with Gasteiger partial charge in [-0.25, -0.2) is 0 Å². The molecule has 3 nitrogen and oxygen atoms in total. The van der Waals surface area contributed by atoms with E-state index in [4.69, 9.17) is 0 Å². The first-order valence-electron chi connectivity index (χ1n) is 12.0. The fraction of sp³-hybridized carbons (Fsp3) is 0.194. The van der Waals surface area contributed by atoms with Crippen molar-refractivity contribution in [2.45, 2.75) is 32.4 Å². The van der Waals surface area contributed by atoms with E-state index in [2.05, 4.69) is 89.9 Å². The SMILES string of the molecule is Cc1ccc([C@@H](NC(=O)c2ccc(CN3CCCc4ccccc43)cc2)c2ccccc2)cc1. The molecule has 0 aliphatic carbocycles. The molecule has 4 aromatic rings. The Morgan fingerprint density at radius 3 is 2.26 bits per heavy atom. The van der Waals surface area contributed by atoms with Crippen molar-refractivity contribution in [2.24, 2.45) is 0 Å². The highest BCUT2D eigenvalue weighted by atomic mass is 16.1. The number of hydrogen-bond acceptors (Lipinski definition) is 2. The number of rotatable bonds is 6. The van der Waals surface area contributed by atoms with E-state index >= 15 is 0 Å². The number of aryl methyl sites for hydroxylation is 2. The molecule has 1 N–H and O–H groups in total. The third-order valence-corrected chi connectivity index (χ3v) is 6.62. The van der Waals surface area contributed by atoms with Crippen LogP contribution in [-0.4, -0.2) is 12.5 Å². The molecule has 0 saturated carbocycles. The van der Waals surface area contributed by atoms with Crippen LogP contribution in [0, 0.1) is 6.92 Å². The fourth-order valence-electron chi connectivity index (χ4n) is 4.74. The van der Waals surface area contributed by atoms with Gasteiger partial charge in [0, 0.05) is 24.3 Å². The van der Waals surface area contributed by atoms with Crippen LogP contribution in [0.15, 0.2) is 103 Å². The first-order chi connectivity index (χ1) is 16.7. The first-order valence-corrected chi connectivity index (χ1v) is 12.0. The third-order valence-electron chi connectivity index (χ3n) is 6.62. The van der Waals surface area contributed by atoms with Crippen molar-refractivity contribution < 1.29 is 4.79 Å². The largest absolute Gasteiger partial charge is 0.367 e. The summed E-state index contributed by atoms with van der Waals surface area (Å²) in [5.41, 5.74) is 7.99. The normalized spacial score (nSPS) is 13.7. The summed E-state index contributed by atoms with van der Waals surface area (Å²) in [6.45, 7) is 3.99. The summed E-state index contributed by atoms with van der Waals surface area (Å²) < 4.78 is 0. The lowest BCUT2D eigenvalue weighted by Crippen LogP contribution is -2.30. The van der Waals surface area contributed by atoms with Crippen molar-refractivity contribution in [1.82, 2.24) is 5.32 Å². The molecule has 0 radical (unpaired) electrons. The summed E-state index contributed by atoms with van der Waals surface area (Å²) >= 11 is 0. The molecule has 0 fully saturated rings. The number of benzene rings is 4. The molecule has 0 unspecified atom stereocenters. The molecule has 0 spiro atoms. The van der Waals surface area contributed by atoms with E-state index in [0.29, 0.717) is 5.56 Å². The molecule has 4 aromatic carbocycles. The molecular formula is C31H30N2O. The molecule has 0 aromatic heterocycles. The monoisotopic (exact) mass is 446 g/mol. The number of carbonyl (C=O) groups is 1. The third kappa shape index (κ3) is 4.89. The number of anilines is 1. The summed E-state index contributed by atoms with van der Waals surface area (Å²) in [5.74, 6) is -0.0655. The van der Waals surface area contributed by atoms with E-state index in [1.807, 2.05) is 30.3 Å². The standard InChI is InChI=1S/C31H30N2O/c1-23-13-17-27(18-14-23)30(26-9-3-2-4-10-26)32-31(34)28-19-15-24(16-20-28)22-33-21-7-11-25-8-5-6-12-29(25)33/h2-6,8-10,12-20,30H,7,11,21-22H2,1H3,(H,32,34)/t30-/m0/s1. The van der Waals surface area contributed by atoms with Gasteiger partial charge in [-0.05, 0) is 60.2 Å². The second-order valence-corrected chi connectivity index (χ2v) is 9.08. The summed E-state index contributed by atoms with van der Waals surface area (Å²) in [6, 6.07) is 35.0. The summed E-state index contributed by atoms with van der Waals surface area (Å²) in [4.78, 5) is 15.7. The van der Waals surface area contributed by atoms with Crippen LogP contribution in [0.2, 0.25) is 0 Å². The Morgan fingerprint density at radius 2 is 1.50 bits per heavy atom. The van der Waals surface area contributed by atoms with E-state index in [-0.39, 0.29) is 11.9 Å². The van der Waals surface area contributed by atoms with Gasteiger partial charge in [0.15, 0.2) is 0 Å². The minimum atomic E-state index is -0.196. The van der Waals surface area contributed by atoms with Crippen LogP contribution < -0.4 is 10.2 Å². The van der Waals surface area contributed by atoms with Gasteiger partial charge in [0.2, 0.25) is 0 Å². The predicted molar refractivity (Wildman–Crippen MR) is 139 cm³/mol. The number of carbonyl (C=O) groups excluding carboxylic acids is 1. The second-order valence-electron chi connectivity index (χ2n) is 9.08. The zero-order chi connectivity index (χ0) is 23.3. The fourth-order valence-corrected chi connectivity index (χ4v) is 4.74. The van der Waals surface area contributed by atoms with Crippen LogP contribution in [-0.2, 0) is 13.0 Å². The van der Waals surface area contributed by atoms with Gasteiger partial charge in [-0.2, -0.15) is 0 Å². The molecule has 170 valence electrons. The number of hydrogen-bond donors (Lipinski definition) is 1. The highest BCUT2D eigenvalue weighted by Crippen LogP contribution is 2.28. The molecule has 5 rings (SSSR count). The summed E-state index contributed by atoms with van der Waals surface area (Å²) in [5, 5.41) is 3.25. The van der Waals surface area contributed by atoms with Gasteiger partial charge < -0.3 is 10.2 Å². The Balaban J connectivity index is 1.32. The van der Waals surface area contributed by atoms with Crippen LogP contribution in [0.3, 0.4) is 0 Å². The second kappa shape index (κ2) is 9.96. The summed E-state index contributed by atoms with van der Waals surface area (Å²) in [7, 11) is 0. The molecular weight excluding hydrogens is 416 g/mol. The summed E-state index contributed by atoms with van der Waals surface area (Å²) in [6.07, 6.45) is 2.33. The maximum atomic E-state index is 13.2. The van der Waals surface area contributed by atoms with Crippen molar-refractivity contribution >= 4 is 11.6 Å². The molecule has 0 saturated heterocycles. The number of amides is 1. The number of fused-ring (bicyclic) bond motifs is 1. The lowest BCUT2D eigenvalue weighted by molar-refractivity contribution is 0.0943. The zero-order valence-electron chi connectivity index (χ0n) is 19.6. The Hall–Kier alpha value is -3.85. The maximum Gasteiger partial charge on any atom is 0.252 e. The lowest BCUT2D eigenvalue weighted by atomic mass is 9.97. The van der Waals surface area contributed by atoms with Gasteiger partial charge >= 0.3 is 0 Å². The van der Waals surface area contributed by atoms with Crippen LogP contribution in [0.4, 0.5) is 5.69 Å². The average molecular weight is 447 g/mol. The molecule has 1 heterocycles. The van der Waals surface area contributed by atoms with Gasteiger partial charge in [0.05, 0.1) is 6.04 Å². The van der Waals surface area contributed by atoms with E-state index in [1.165, 1.54) is 28.8 Å². The van der Waals surface area contributed by atoms with E-state index in [1.54, 1.807) is 0 Å². The molecule has 0 bridgehead atoms. The average Bonchev–Trinajstić information content (AvgIpc) is 2.89. The van der Waals surface area contributed by atoms with Gasteiger partial charge in [-0.3, -0.25) is 4.79 Å². The van der Waals surface area contributed by atoms with Crippen LogP contribution >= 0.6 is 0 Å². The number of nitrogens with one attached hydrogen (secondary N) is 1. The molecule has 1 aliphatic rings. The van der Waals surface area contributed by atoms with Crippen molar-refractivity contribution in [3.05, 3.63) is 137 Å². The topological polar surface area (TPSA) is 32.3 Å². The first kappa shape index (κ1) is 22.0. The zero-order valence-corrected chi connectivity index (χ0v) is 19.6. The van der Waals surface area contributed by atoms with Gasteiger partial charge in [-0.15, -0.1) is 0 Å². The lowest BCUT2D eigenvalue weighted by Gasteiger charge is -2.31. The Morgan fingerprint density at radius 1 is 0.824 bits per heavy atom. The highest BCUT2D eigenvalue weighted by molar-refractivity contribution is 5.94. The molecule has 1 atom stereocenters. The molecule has 34 heavy (non-hydrogen) atoms. The molecule has 1 amide bonds. The highest BCUT2D eigenvalue weighted by Gasteiger charge is 2.19. The minimum Gasteiger partial charge on any atom is -0.367 e. The van der Waals surface area contributed by atoms with Gasteiger partial charge in [0.25, 0.3) is 5.91 Å². The quantitative estimate of drug-likeness (QED) is 0.368. The number of nitrogens with zero attached hydrogens (tertiary/aromatic N) is 1. The van der Waals surface area contributed by atoms with Crippen LogP contribution in [0.25, 0.3) is 0 Å². The molecule has 1 aliphatic heterocycles. The van der Waals surface area contributed by atoms with Crippen molar-refractivity contribution in [3.63, 3.8) is 0 Å². The van der Waals surface area contributed by atoms with Crippen LogP contribution in [0.5, 0.6) is 0 Å². The van der Waals surface area contributed by atoms with Gasteiger partial charge in [0.1, 0.15) is 0 Å². The van der Waals surface area contributed by atoms with E-state index < -0.39 is 0 Å². The maximum absolute atomic E-state index is 13.2. The van der Waals surface area contributed by atoms with Gasteiger partial charge in [-0.1, -0.05) is 90.5 Å². The Bertz CT molecular complexity index is 1250. The smallest absolute Gasteiger partial charge is 0.252 e. The molecule has 3 heteroatoms. The Labute approximate surface area is 202 Å².